The molecule has 1 aromatic rings. The van der Waals surface area contributed by atoms with Crippen molar-refractivity contribution in [1.82, 2.24) is 20.9 Å². The first-order valence-corrected chi connectivity index (χ1v) is 7.60. The molecule has 1 atom stereocenters. The van der Waals surface area contributed by atoms with E-state index in [1.807, 2.05) is 6.07 Å². The molecule has 120 valence electrons. The number of anilines is 1. The monoisotopic (exact) mass is 305 g/mol. The van der Waals surface area contributed by atoms with Gasteiger partial charge >= 0.3 is 0 Å². The van der Waals surface area contributed by atoms with Crippen LogP contribution >= 0.6 is 0 Å². The molecule has 2 amide bonds. The van der Waals surface area contributed by atoms with Crippen LogP contribution in [-0.4, -0.2) is 50.1 Å². The Balaban J connectivity index is 1.89. The Morgan fingerprint density at radius 1 is 1.41 bits per heavy atom. The average Bonchev–Trinajstić information content (AvgIpc) is 3.08. The predicted molar refractivity (Wildman–Crippen MR) is 84.7 cm³/mol. The highest BCUT2D eigenvalue weighted by molar-refractivity contribution is 5.92. The summed E-state index contributed by atoms with van der Waals surface area (Å²) in [6.45, 7) is 2.61. The van der Waals surface area contributed by atoms with E-state index in [4.69, 9.17) is 0 Å². The molecule has 0 bridgehead atoms. The van der Waals surface area contributed by atoms with Gasteiger partial charge in [0.05, 0.1) is 18.1 Å². The Hall–Kier alpha value is -2.15. The molecule has 1 aromatic heterocycles. The predicted octanol–water partition coefficient (Wildman–Crippen LogP) is 0.0932. The summed E-state index contributed by atoms with van der Waals surface area (Å²) in [5, 5.41) is 8.41. The molecule has 0 spiro atoms. The van der Waals surface area contributed by atoms with Gasteiger partial charge in [-0.15, -0.1) is 0 Å². The third-order valence-electron chi connectivity index (χ3n) is 3.77. The van der Waals surface area contributed by atoms with Crippen molar-refractivity contribution in [3.63, 3.8) is 0 Å². The number of hydrogen-bond donors (Lipinski definition) is 3. The first kappa shape index (κ1) is 16.2. The molecule has 7 heteroatoms. The van der Waals surface area contributed by atoms with Crippen LogP contribution in [0.3, 0.4) is 0 Å². The topological polar surface area (TPSA) is 86.4 Å². The molecule has 0 radical (unpaired) electrons. The minimum atomic E-state index is -0.224. The molecule has 7 nitrogen and oxygen atoms in total. The maximum atomic E-state index is 12.2. The molecule has 0 saturated carbocycles. The zero-order chi connectivity index (χ0) is 15.8. The van der Waals surface area contributed by atoms with Crippen molar-refractivity contribution >= 4 is 18.0 Å². The van der Waals surface area contributed by atoms with Crippen LogP contribution in [0.1, 0.15) is 29.8 Å². The second-order valence-corrected chi connectivity index (χ2v) is 5.27. The van der Waals surface area contributed by atoms with E-state index in [0.29, 0.717) is 25.1 Å². The van der Waals surface area contributed by atoms with E-state index in [1.165, 1.54) is 12.8 Å². The quantitative estimate of drug-likeness (QED) is 0.360. The SMILES string of the molecule is CNC(CCNC=O)NC(=O)c1ccc(N2CCCC2)cn1. The highest BCUT2D eigenvalue weighted by atomic mass is 16.2. The van der Waals surface area contributed by atoms with E-state index < -0.39 is 0 Å². The van der Waals surface area contributed by atoms with Crippen molar-refractivity contribution in [3.8, 4) is 0 Å². The van der Waals surface area contributed by atoms with Gasteiger partial charge in [0.2, 0.25) is 6.41 Å². The van der Waals surface area contributed by atoms with Crippen molar-refractivity contribution in [1.29, 1.82) is 0 Å². The highest BCUT2D eigenvalue weighted by Gasteiger charge is 2.15. The molecule has 0 aromatic carbocycles. The van der Waals surface area contributed by atoms with Crippen LogP contribution in [0.4, 0.5) is 5.69 Å². The number of nitrogens with zero attached hydrogens (tertiary/aromatic N) is 2. The number of aromatic nitrogens is 1. The third-order valence-corrected chi connectivity index (χ3v) is 3.77. The van der Waals surface area contributed by atoms with E-state index in [1.54, 1.807) is 19.3 Å². The molecule has 3 N–H and O–H groups in total. The van der Waals surface area contributed by atoms with Crippen molar-refractivity contribution < 1.29 is 9.59 Å². The van der Waals surface area contributed by atoms with E-state index in [-0.39, 0.29) is 12.1 Å². The second-order valence-electron chi connectivity index (χ2n) is 5.27. The zero-order valence-electron chi connectivity index (χ0n) is 12.8. The molecular weight excluding hydrogens is 282 g/mol. The van der Waals surface area contributed by atoms with Gasteiger partial charge in [-0.25, -0.2) is 4.98 Å². The summed E-state index contributed by atoms with van der Waals surface area (Å²) >= 11 is 0. The van der Waals surface area contributed by atoms with E-state index in [9.17, 15) is 9.59 Å². The lowest BCUT2D eigenvalue weighted by molar-refractivity contribution is -0.109. The summed E-state index contributed by atoms with van der Waals surface area (Å²) < 4.78 is 0. The number of pyridine rings is 1. The lowest BCUT2D eigenvalue weighted by atomic mass is 10.2. The van der Waals surface area contributed by atoms with Gasteiger partial charge < -0.3 is 20.9 Å². The third kappa shape index (κ3) is 4.42. The largest absolute Gasteiger partial charge is 0.370 e. The number of carbonyl (C=O) groups is 2. The molecule has 0 aliphatic carbocycles. The number of amides is 2. The normalized spacial score (nSPS) is 15.4. The molecular formula is C15H23N5O2. The minimum absolute atomic E-state index is 0.208. The van der Waals surface area contributed by atoms with Crippen LogP contribution in [0, 0.1) is 0 Å². The van der Waals surface area contributed by atoms with Crippen LogP contribution in [0.25, 0.3) is 0 Å². The summed E-state index contributed by atoms with van der Waals surface area (Å²) in [5.41, 5.74) is 1.46. The standard InChI is InChI=1S/C15H23N5O2/c1-16-14(6-7-17-11-21)19-15(22)13-5-4-12(10-18-13)20-8-2-3-9-20/h4-5,10-11,14,16H,2-3,6-9H2,1H3,(H,17,21)(H,19,22). The first-order valence-electron chi connectivity index (χ1n) is 7.60. The van der Waals surface area contributed by atoms with Crippen LogP contribution in [-0.2, 0) is 4.79 Å². The van der Waals surface area contributed by atoms with Gasteiger partial charge in [-0.2, -0.15) is 0 Å². The van der Waals surface area contributed by atoms with Crippen LogP contribution in [0.15, 0.2) is 18.3 Å². The van der Waals surface area contributed by atoms with E-state index in [2.05, 4.69) is 25.8 Å². The highest BCUT2D eigenvalue weighted by Crippen LogP contribution is 2.18. The van der Waals surface area contributed by atoms with Crippen molar-refractivity contribution in [2.24, 2.45) is 0 Å². The Bertz CT molecular complexity index is 485. The number of hydrogen-bond acceptors (Lipinski definition) is 5. The maximum absolute atomic E-state index is 12.2. The number of rotatable bonds is 8. The summed E-state index contributed by atoms with van der Waals surface area (Å²) in [5.74, 6) is -0.224. The molecule has 1 unspecified atom stereocenters. The van der Waals surface area contributed by atoms with Gasteiger partial charge in [0, 0.05) is 19.6 Å². The fourth-order valence-corrected chi connectivity index (χ4v) is 2.49. The van der Waals surface area contributed by atoms with Crippen molar-refractivity contribution in [3.05, 3.63) is 24.0 Å². The summed E-state index contributed by atoms with van der Waals surface area (Å²) in [6, 6.07) is 3.69. The Kier molecular flexibility index (Phi) is 6.14. The van der Waals surface area contributed by atoms with Gasteiger partial charge in [-0.3, -0.25) is 9.59 Å². The zero-order valence-corrected chi connectivity index (χ0v) is 12.8. The maximum Gasteiger partial charge on any atom is 0.271 e. The Morgan fingerprint density at radius 2 is 2.18 bits per heavy atom. The molecule has 22 heavy (non-hydrogen) atoms. The molecule has 1 fully saturated rings. The number of carbonyl (C=O) groups excluding carboxylic acids is 2. The van der Waals surface area contributed by atoms with Crippen molar-refractivity contribution in [2.75, 3.05) is 31.6 Å². The van der Waals surface area contributed by atoms with Crippen molar-refractivity contribution in [2.45, 2.75) is 25.4 Å². The van der Waals surface area contributed by atoms with Crippen LogP contribution < -0.4 is 20.9 Å². The fraction of sp³-hybridized carbons (Fsp3) is 0.533. The van der Waals surface area contributed by atoms with Gasteiger partial charge in [-0.1, -0.05) is 0 Å². The Labute approximate surface area is 130 Å². The Morgan fingerprint density at radius 3 is 2.77 bits per heavy atom. The van der Waals surface area contributed by atoms with Gasteiger partial charge in [0.1, 0.15) is 5.69 Å². The lowest BCUT2D eigenvalue weighted by Gasteiger charge is -2.19. The lowest BCUT2D eigenvalue weighted by Crippen LogP contribution is -2.45. The van der Waals surface area contributed by atoms with Crippen LogP contribution in [0.2, 0.25) is 0 Å². The van der Waals surface area contributed by atoms with Crippen LogP contribution in [0.5, 0.6) is 0 Å². The van der Waals surface area contributed by atoms with E-state index >= 15 is 0 Å². The smallest absolute Gasteiger partial charge is 0.271 e. The summed E-state index contributed by atoms with van der Waals surface area (Å²) in [4.78, 5) is 28.9. The first-order chi connectivity index (χ1) is 10.7. The minimum Gasteiger partial charge on any atom is -0.370 e. The second kappa shape index (κ2) is 8.33. The van der Waals surface area contributed by atoms with E-state index in [0.717, 1.165) is 18.8 Å². The number of nitrogens with one attached hydrogen (secondary N) is 3. The average molecular weight is 305 g/mol. The molecule has 2 heterocycles. The van der Waals surface area contributed by atoms with Gasteiger partial charge in [0.25, 0.3) is 5.91 Å². The molecule has 2 rings (SSSR count). The fourth-order valence-electron chi connectivity index (χ4n) is 2.49. The van der Waals surface area contributed by atoms with Gasteiger partial charge in [-0.05, 0) is 38.4 Å². The van der Waals surface area contributed by atoms with Gasteiger partial charge in [0.15, 0.2) is 0 Å². The summed E-state index contributed by atoms with van der Waals surface area (Å²) in [7, 11) is 1.76. The molecule has 1 aliphatic rings. The molecule has 1 saturated heterocycles. The summed E-state index contributed by atoms with van der Waals surface area (Å²) in [6.07, 6.45) is 5.21. The molecule has 1 aliphatic heterocycles.